The lowest BCUT2D eigenvalue weighted by Gasteiger charge is -2.37. The van der Waals surface area contributed by atoms with Crippen molar-refractivity contribution < 1.29 is 14.0 Å². The van der Waals surface area contributed by atoms with E-state index >= 15 is 0 Å². The lowest BCUT2D eigenvalue weighted by Crippen LogP contribution is -2.49. The van der Waals surface area contributed by atoms with Crippen LogP contribution in [-0.2, 0) is 4.79 Å². The molecule has 5 nitrogen and oxygen atoms in total. The molecule has 2 aromatic rings. The lowest BCUT2D eigenvalue weighted by atomic mass is 10.1. The molecule has 0 spiro atoms. The van der Waals surface area contributed by atoms with Crippen molar-refractivity contribution >= 4 is 23.2 Å². The SMILES string of the molecule is Cc1ccc(N2CCN(C(=O)c3ccc(N4CCCC4=O)cc3F)CC2)c(C)c1. The van der Waals surface area contributed by atoms with Crippen LogP contribution in [0, 0.1) is 19.7 Å². The van der Waals surface area contributed by atoms with Crippen LogP contribution < -0.4 is 9.80 Å². The fourth-order valence-electron chi connectivity index (χ4n) is 4.25. The molecular formula is C23H26FN3O2. The van der Waals surface area contributed by atoms with Crippen LogP contribution >= 0.6 is 0 Å². The average molecular weight is 395 g/mol. The number of hydrogen-bond donors (Lipinski definition) is 0. The first kappa shape index (κ1) is 19.4. The molecule has 2 aliphatic heterocycles. The number of carbonyl (C=O) groups excluding carboxylic acids is 2. The standard InChI is InChI=1S/C23H26FN3O2/c1-16-5-8-21(17(2)14-16)25-10-12-26(13-11-25)23(29)19-7-6-18(15-20(19)24)27-9-3-4-22(27)28/h5-8,14-15H,3-4,9-13H2,1-2H3. The minimum absolute atomic E-state index is 0.00555. The van der Waals surface area contributed by atoms with Gasteiger partial charge in [0.05, 0.1) is 5.56 Å². The van der Waals surface area contributed by atoms with Gasteiger partial charge in [-0.25, -0.2) is 4.39 Å². The summed E-state index contributed by atoms with van der Waals surface area (Å²) in [5, 5.41) is 0. The molecule has 152 valence electrons. The second-order valence-electron chi connectivity index (χ2n) is 7.88. The Morgan fingerprint density at radius 3 is 2.34 bits per heavy atom. The molecule has 2 amide bonds. The van der Waals surface area contributed by atoms with E-state index in [-0.39, 0.29) is 17.4 Å². The third-order valence-electron chi connectivity index (χ3n) is 5.83. The monoisotopic (exact) mass is 395 g/mol. The molecule has 0 aromatic heterocycles. The van der Waals surface area contributed by atoms with E-state index in [0.717, 1.165) is 19.5 Å². The number of nitrogens with zero attached hydrogens (tertiary/aromatic N) is 3. The van der Waals surface area contributed by atoms with Gasteiger partial charge in [-0.3, -0.25) is 9.59 Å². The number of benzene rings is 2. The minimum atomic E-state index is -0.566. The third-order valence-corrected chi connectivity index (χ3v) is 5.83. The number of rotatable bonds is 3. The Balaban J connectivity index is 1.43. The molecule has 2 aliphatic rings. The van der Waals surface area contributed by atoms with Gasteiger partial charge >= 0.3 is 0 Å². The second-order valence-corrected chi connectivity index (χ2v) is 7.88. The van der Waals surface area contributed by atoms with Gasteiger partial charge < -0.3 is 14.7 Å². The number of anilines is 2. The van der Waals surface area contributed by atoms with E-state index in [1.807, 2.05) is 0 Å². The van der Waals surface area contributed by atoms with Gasteiger partial charge in [0.2, 0.25) is 5.91 Å². The summed E-state index contributed by atoms with van der Waals surface area (Å²) < 4.78 is 14.7. The highest BCUT2D eigenvalue weighted by molar-refractivity contribution is 5.98. The minimum Gasteiger partial charge on any atom is -0.368 e. The molecular weight excluding hydrogens is 369 g/mol. The van der Waals surface area contributed by atoms with E-state index in [0.29, 0.717) is 31.7 Å². The first-order valence-electron chi connectivity index (χ1n) is 10.2. The molecule has 0 unspecified atom stereocenters. The number of carbonyl (C=O) groups is 2. The normalized spacial score (nSPS) is 17.2. The topological polar surface area (TPSA) is 43.9 Å². The van der Waals surface area contributed by atoms with Crippen molar-refractivity contribution in [3.63, 3.8) is 0 Å². The van der Waals surface area contributed by atoms with Crippen LogP contribution in [0.25, 0.3) is 0 Å². The number of amides is 2. The summed E-state index contributed by atoms with van der Waals surface area (Å²) in [7, 11) is 0. The molecule has 29 heavy (non-hydrogen) atoms. The van der Waals surface area contributed by atoms with Crippen molar-refractivity contribution in [2.75, 3.05) is 42.5 Å². The molecule has 2 saturated heterocycles. The highest BCUT2D eigenvalue weighted by atomic mass is 19.1. The van der Waals surface area contributed by atoms with Crippen LogP contribution in [0.1, 0.15) is 34.3 Å². The van der Waals surface area contributed by atoms with Gasteiger partial charge in [0.1, 0.15) is 5.82 Å². The average Bonchev–Trinajstić information content (AvgIpc) is 3.13. The summed E-state index contributed by atoms with van der Waals surface area (Å²) in [5.74, 6) is -0.850. The van der Waals surface area contributed by atoms with E-state index < -0.39 is 5.82 Å². The van der Waals surface area contributed by atoms with Gasteiger partial charge in [0.15, 0.2) is 0 Å². The Morgan fingerprint density at radius 1 is 0.966 bits per heavy atom. The molecule has 0 atom stereocenters. The number of hydrogen-bond acceptors (Lipinski definition) is 3. The van der Waals surface area contributed by atoms with Gasteiger partial charge in [-0.15, -0.1) is 0 Å². The second kappa shape index (κ2) is 7.85. The molecule has 2 heterocycles. The Kier molecular flexibility index (Phi) is 5.26. The van der Waals surface area contributed by atoms with Gasteiger partial charge in [-0.05, 0) is 50.1 Å². The van der Waals surface area contributed by atoms with Crippen LogP contribution in [0.4, 0.5) is 15.8 Å². The number of piperazine rings is 1. The molecule has 6 heteroatoms. The molecule has 4 rings (SSSR count). The van der Waals surface area contributed by atoms with Gasteiger partial charge in [0, 0.05) is 50.5 Å². The van der Waals surface area contributed by atoms with E-state index in [1.54, 1.807) is 15.9 Å². The fourth-order valence-corrected chi connectivity index (χ4v) is 4.25. The zero-order valence-electron chi connectivity index (χ0n) is 16.9. The summed E-state index contributed by atoms with van der Waals surface area (Å²) in [6.07, 6.45) is 1.28. The van der Waals surface area contributed by atoms with Gasteiger partial charge in [0.25, 0.3) is 5.91 Å². The van der Waals surface area contributed by atoms with Crippen molar-refractivity contribution in [2.45, 2.75) is 26.7 Å². The van der Waals surface area contributed by atoms with E-state index in [9.17, 15) is 14.0 Å². The van der Waals surface area contributed by atoms with E-state index in [1.165, 1.54) is 28.9 Å². The maximum Gasteiger partial charge on any atom is 0.256 e. The Labute approximate surface area is 170 Å². The van der Waals surface area contributed by atoms with Crippen LogP contribution in [0.2, 0.25) is 0 Å². The van der Waals surface area contributed by atoms with Crippen molar-refractivity contribution in [3.05, 3.63) is 58.9 Å². The van der Waals surface area contributed by atoms with Crippen LogP contribution in [-0.4, -0.2) is 49.4 Å². The predicted molar refractivity (Wildman–Crippen MR) is 112 cm³/mol. The van der Waals surface area contributed by atoms with E-state index in [2.05, 4.69) is 36.9 Å². The largest absolute Gasteiger partial charge is 0.368 e. The van der Waals surface area contributed by atoms with Gasteiger partial charge in [-0.2, -0.15) is 0 Å². The van der Waals surface area contributed by atoms with Crippen molar-refractivity contribution in [1.29, 1.82) is 0 Å². The molecule has 0 radical (unpaired) electrons. The Morgan fingerprint density at radius 2 is 1.72 bits per heavy atom. The lowest BCUT2D eigenvalue weighted by molar-refractivity contribution is -0.117. The quantitative estimate of drug-likeness (QED) is 0.799. The zero-order chi connectivity index (χ0) is 20.5. The summed E-state index contributed by atoms with van der Waals surface area (Å²) in [4.78, 5) is 30.3. The van der Waals surface area contributed by atoms with E-state index in [4.69, 9.17) is 0 Å². The Bertz CT molecular complexity index is 951. The molecule has 2 fully saturated rings. The predicted octanol–water partition coefficient (Wildman–Crippen LogP) is 3.53. The number of halogens is 1. The van der Waals surface area contributed by atoms with Gasteiger partial charge in [-0.1, -0.05) is 17.7 Å². The summed E-state index contributed by atoms with van der Waals surface area (Å²) >= 11 is 0. The highest BCUT2D eigenvalue weighted by Gasteiger charge is 2.27. The Hall–Kier alpha value is -2.89. The summed E-state index contributed by atoms with van der Waals surface area (Å²) in [6, 6.07) is 10.9. The summed E-state index contributed by atoms with van der Waals surface area (Å²) in [5.41, 5.74) is 4.24. The maximum absolute atomic E-state index is 14.7. The molecule has 0 aliphatic carbocycles. The summed E-state index contributed by atoms with van der Waals surface area (Å²) in [6.45, 7) is 7.33. The van der Waals surface area contributed by atoms with Crippen molar-refractivity contribution in [3.8, 4) is 0 Å². The highest BCUT2D eigenvalue weighted by Crippen LogP contribution is 2.26. The maximum atomic E-state index is 14.7. The third kappa shape index (κ3) is 3.84. The molecule has 0 N–H and O–H groups in total. The van der Waals surface area contributed by atoms with Crippen LogP contribution in [0.15, 0.2) is 36.4 Å². The zero-order valence-corrected chi connectivity index (χ0v) is 16.9. The van der Waals surface area contributed by atoms with Crippen molar-refractivity contribution in [1.82, 2.24) is 4.90 Å². The molecule has 0 bridgehead atoms. The number of aryl methyl sites for hydroxylation is 2. The first-order valence-corrected chi connectivity index (χ1v) is 10.2. The smallest absolute Gasteiger partial charge is 0.256 e. The molecule has 0 saturated carbocycles. The molecule has 2 aromatic carbocycles. The first-order chi connectivity index (χ1) is 13.9. The fraction of sp³-hybridized carbons (Fsp3) is 0.391. The van der Waals surface area contributed by atoms with Crippen LogP contribution in [0.3, 0.4) is 0 Å². The van der Waals surface area contributed by atoms with Crippen molar-refractivity contribution in [2.24, 2.45) is 0 Å². The van der Waals surface area contributed by atoms with Crippen LogP contribution in [0.5, 0.6) is 0 Å².